The summed E-state index contributed by atoms with van der Waals surface area (Å²) < 4.78 is 5.54. The molecule has 0 aliphatic carbocycles. The molecule has 0 heterocycles. The lowest BCUT2D eigenvalue weighted by molar-refractivity contribution is -0.385. The third-order valence-electron chi connectivity index (χ3n) is 2.66. The molecule has 20 heavy (non-hydrogen) atoms. The van der Waals surface area contributed by atoms with Gasteiger partial charge in [0.15, 0.2) is 5.75 Å². The van der Waals surface area contributed by atoms with E-state index >= 15 is 0 Å². The van der Waals surface area contributed by atoms with Gasteiger partial charge in [-0.05, 0) is 30.7 Å². The molecule has 0 radical (unpaired) electrons. The van der Waals surface area contributed by atoms with Crippen molar-refractivity contribution >= 4 is 17.4 Å². The summed E-state index contributed by atoms with van der Waals surface area (Å²) in [7, 11) is 0. The van der Waals surface area contributed by atoms with Gasteiger partial charge in [0, 0.05) is 16.7 Å². The molecule has 0 amide bonds. The van der Waals surface area contributed by atoms with Crippen LogP contribution in [0.4, 0.5) is 5.69 Å². The molecule has 2 aromatic rings. The Morgan fingerprint density at radius 2 is 1.95 bits per heavy atom. The fraction of sp³-hybridized carbons (Fsp3) is 0.200. The minimum absolute atomic E-state index is 0.0142. The molecule has 0 saturated heterocycles. The van der Waals surface area contributed by atoms with Crippen LogP contribution in [0.25, 0.3) is 0 Å². The summed E-state index contributed by atoms with van der Waals surface area (Å²) in [5.41, 5.74) is 0.960. The number of benzene rings is 2. The van der Waals surface area contributed by atoms with E-state index in [1.807, 2.05) is 37.3 Å². The molecule has 0 aliphatic rings. The summed E-state index contributed by atoms with van der Waals surface area (Å²) >= 11 is 1.66. The van der Waals surface area contributed by atoms with Crippen LogP contribution < -0.4 is 4.74 Å². The van der Waals surface area contributed by atoms with Gasteiger partial charge < -0.3 is 4.74 Å². The second-order valence-electron chi connectivity index (χ2n) is 4.24. The summed E-state index contributed by atoms with van der Waals surface area (Å²) in [5.74, 6) is 1.08. The Labute approximate surface area is 121 Å². The maximum atomic E-state index is 10.9. The average molecular weight is 289 g/mol. The zero-order chi connectivity index (χ0) is 14.4. The van der Waals surface area contributed by atoms with Crippen LogP contribution >= 0.6 is 11.8 Å². The van der Waals surface area contributed by atoms with Crippen LogP contribution in [0.2, 0.25) is 0 Å². The van der Waals surface area contributed by atoms with Crippen molar-refractivity contribution in [2.75, 3.05) is 12.4 Å². The SMILES string of the molecule is Cc1ccc([N+](=O)[O-])c(OCCSc2ccccc2)c1. The van der Waals surface area contributed by atoms with Crippen molar-refractivity contribution in [1.29, 1.82) is 0 Å². The fourth-order valence-corrected chi connectivity index (χ4v) is 2.47. The topological polar surface area (TPSA) is 52.4 Å². The van der Waals surface area contributed by atoms with Gasteiger partial charge in [0.1, 0.15) is 0 Å². The first-order valence-electron chi connectivity index (χ1n) is 6.22. The molecule has 5 heteroatoms. The Morgan fingerprint density at radius 1 is 1.20 bits per heavy atom. The number of rotatable bonds is 6. The zero-order valence-corrected chi connectivity index (χ0v) is 11.9. The van der Waals surface area contributed by atoms with Crippen LogP contribution in [0.3, 0.4) is 0 Å². The smallest absolute Gasteiger partial charge is 0.310 e. The van der Waals surface area contributed by atoms with Crippen molar-refractivity contribution in [3.63, 3.8) is 0 Å². The van der Waals surface area contributed by atoms with E-state index in [0.717, 1.165) is 16.2 Å². The van der Waals surface area contributed by atoms with Gasteiger partial charge >= 0.3 is 5.69 Å². The van der Waals surface area contributed by atoms with Crippen molar-refractivity contribution in [3.05, 3.63) is 64.2 Å². The van der Waals surface area contributed by atoms with Crippen molar-refractivity contribution in [2.45, 2.75) is 11.8 Å². The lowest BCUT2D eigenvalue weighted by Gasteiger charge is -2.07. The number of nitrogens with zero attached hydrogens (tertiary/aromatic N) is 1. The number of nitro groups is 1. The molecule has 0 N–H and O–H groups in total. The molecule has 104 valence electrons. The summed E-state index contributed by atoms with van der Waals surface area (Å²) in [5, 5.41) is 10.9. The average Bonchev–Trinajstić information content (AvgIpc) is 2.44. The standard InChI is InChI=1S/C15H15NO3S/c1-12-7-8-14(16(17)18)15(11-12)19-9-10-20-13-5-3-2-4-6-13/h2-8,11H,9-10H2,1H3. The lowest BCUT2D eigenvalue weighted by Crippen LogP contribution is -2.03. The molecule has 0 spiro atoms. The van der Waals surface area contributed by atoms with Crippen molar-refractivity contribution in [1.82, 2.24) is 0 Å². The summed E-state index contributed by atoms with van der Waals surface area (Å²) in [6.07, 6.45) is 0. The van der Waals surface area contributed by atoms with E-state index in [9.17, 15) is 10.1 Å². The first kappa shape index (κ1) is 14.4. The van der Waals surface area contributed by atoms with Gasteiger partial charge in [-0.1, -0.05) is 24.3 Å². The van der Waals surface area contributed by atoms with E-state index in [2.05, 4.69) is 0 Å². The van der Waals surface area contributed by atoms with E-state index in [1.54, 1.807) is 23.9 Å². The van der Waals surface area contributed by atoms with Crippen LogP contribution in [0, 0.1) is 17.0 Å². The number of hydrogen-bond acceptors (Lipinski definition) is 4. The van der Waals surface area contributed by atoms with Crippen LogP contribution in [0.1, 0.15) is 5.56 Å². The molecule has 0 unspecified atom stereocenters. The van der Waals surface area contributed by atoms with Crippen molar-refractivity contribution in [3.8, 4) is 5.75 Å². The van der Waals surface area contributed by atoms with Gasteiger partial charge in [0.05, 0.1) is 11.5 Å². The highest BCUT2D eigenvalue weighted by molar-refractivity contribution is 7.99. The number of hydrogen-bond donors (Lipinski definition) is 0. The molecule has 2 aromatic carbocycles. The van der Waals surface area contributed by atoms with Crippen molar-refractivity contribution < 1.29 is 9.66 Å². The van der Waals surface area contributed by atoms with E-state index in [-0.39, 0.29) is 5.69 Å². The Bertz CT molecular complexity index is 587. The minimum atomic E-state index is -0.418. The van der Waals surface area contributed by atoms with Gasteiger partial charge in [-0.25, -0.2) is 0 Å². The number of ether oxygens (including phenoxy) is 1. The maximum Gasteiger partial charge on any atom is 0.310 e. The highest BCUT2D eigenvalue weighted by Crippen LogP contribution is 2.28. The third kappa shape index (κ3) is 3.99. The Balaban J connectivity index is 1.91. The van der Waals surface area contributed by atoms with E-state index in [4.69, 9.17) is 4.74 Å². The van der Waals surface area contributed by atoms with Crippen LogP contribution in [-0.2, 0) is 0 Å². The molecular weight excluding hydrogens is 274 g/mol. The molecule has 4 nitrogen and oxygen atoms in total. The van der Waals surface area contributed by atoms with Gasteiger partial charge in [-0.3, -0.25) is 10.1 Å². The predicted octanol–water partition coefficient (Wildman–Crippen LogP) is 4.07. The normalized spacial score (nSPS) is 10.2. The summed E-state index contributed by atoms with van der Waals surface area (Å²) in [6, 6.07) is 14.9. The number of thioether (sulfide) groups is 1. The van der Waals surface area contributed by atoms with Crippen LogP contribution in [-0.4, -0.2) is 17.3 Å². The van der Waals surface area contributed by atoms with Gasteiger partial charge in [0.2, 0.25) is 0 Å². The quantitative estimate of drug-likeness (QED) is 0.348. The first-order valence-corrected chi connectivity index (χ1v) is 7.21. The molecular formula is C15H15NO3S. The van der Waals surface area contributed by atoms with E-state index < -0.39 is 4.92 Å². The zero-order valence-electron chi connectivity index (χ0n) is 11.1. The van der Waals surface area contributed by atoms with Crippen molar-refractivity contribution in [2.24, 2.45) is 0 Å². The van der Waals surface area contributed by atoms with Gasteiger partial charge in [-0.2, -0.15) is 0 Å². The largest absolute Gasteiger partial charge is 0.486 e. The minimum Gasteiger partial charge on any atom is -0.486 e. The highest BCUT2D eigenvalue weighted by atomic mass is 32.2. The molecule has 0 fully saturated rings. The molecule has 0 atom stereocenters. The predicted molar refractivity (Wildman–Crippen MR) is 80.5 cm³/mol. The molecule has 0 aromatic heterocycles. The first-order chi connectivity index (χ1) is 9.66. The summed E-state index contributed by atoms with van der Waals surface area (Å²) in [6.45, 7) is 2.32. The Kier molecular flexibility index (Phi) is 5.01. The molecule has 0 bridgehead atoms. The number of aryl methyl sites for hydroxylation is 1. The fourth-order valence-electron chi connectivity index (χ4n) is 1.72. The van der Waals surface area contributed by atoms with Crippen LogP contribution in [0.5, 0.6) is 5.75 Å². The summed E-state index contributed by atoms with van der Waals surface area (Å²) in [4.78, 5) is 11.7. The molecule has 0 saturated carbocycles. The van der Waals surface area contributed by atoms with Gasteiger partial charge in [0.25, 0.3) is 0 Å². The molecule has 2 rings (SSSR count). The van der Waals surface area contributed by atoms with E-state index in [1.165, 1.54) is 6.07 Å². The highest BCUT2D eigenvalue weighted by Gasteiger charge is 2.14. The van der Waals surface area contributed by atoms with Gasteiger partial charge in [-0.15, -0.1) is 11.8 Å². The lowest BCUT2D eigenvalue weighted by atomic mass is 10.2. The van der Waals surface area contributed by atoms with Crippen LogP contribution in [0.15, 0.2) is 53.4 Å². The maximum absolute atomic E-state index is 10.9. The number of nitro benzene ring substituents is 1. The molecule has 0 aliphatic heterocycles. The van der Waals surface area contributed by atoms with E-state index in [0.29, 0.717) is 12.4 Å². The Morgan fingerprint density at radius 3 is 2.65 bits per heavy atom. The monoisotopic (exact) mass is 289 g/mol. The third-order valence-corrected chi connectivity index (χ3v) is 3.64. The Hall–Kier alpha value is -2.01. The second-order valence-corrected chi connectivity index (χ2v) is 5.41. The second kappa shape index (κ2) is 6.96.